The first kappa shape index (κ1) is 13.2. The summed E-state index contributed by atoms with van der Waals surface area (Å²) in [6, 6.07) is 8.50. The van der Waals surface area contributed by atoms with E-state index in [2.05, 4.69) is 43.3 Å². The van der Waals surface area contributed by atoms with Crippen LogP contribution in [0.15, 0.2) is 24.3 Å². The van der Waals surface area contributed by atoms with Crippen LogP contribution in [0.1, 0.15) is 25.0 Å². The van der Waals surface area contributed by atoms with Gasteiger partial charge in [-0.25, -0.2) is 0 Å². The fourth-order valence-corrected chi connectivity index (χ4v) is 1.88. The maximum absolute atomic E-state index is 7.76. The van der Waals surface area contributed by atoms with Gasteiger partial charge in [0.25, 0.3) is 0 Å². The molecule has 16 heavy (non-hydrogen) atoms. The highest BCUT2D eigenvalue weighted by molar-refractivity contribution is 6.67. The van der Waals surface area contributed by atoms with Gasteiger partial charge in [-0.1, -0.05) is 38.0 Å². The lowest BCUT2D eigenvalue weighted by molar-refractivity contribution is 0.221. The van der Waals surface area contributed by atoms with E-state index >= 15 is 0 Å². The van der Waals surface area contributed by atoms with Crippen molar-refractivity contribution in [2.24, 2.45) is 0 Å². The molecule has 1 aliphatic rings. The monoisotopic (exact) mass is 221 g/mol. The van der Waals surface area contributed by atoms with Crippen molar-refractivity contribution in [2.75, 3.05) is 13.8 Å². The van der Waals surface area contributed by atoms with Gasteiger partial charge in [0.1, 0.15) is 0 Å². The van der Waals surface area contributed by atoms with Crippen LogP contribution in [0.25, 0.3) is 0 Å². The summed E-state index contributed by atoms with van der Waals surface area (Å²) in [6.07, 6.45) is 1.40. The number of hydrogen-bond donors (Lipinski definition) is 2. The Kier molecular flexibility index (Phi) is 5.53. The molecule has 0 aliphatic carbocycles. The van der Waals surface area contributed by atoms with Gasteiger partial charge in [-0.05, 0) is 24.5 Å². The van der Waals surface area contributed by atoms with Crippen LogP contribution in [0, 0.1) is 0 Å². The summed E-state index contributed by atoms with van der Waals surface area (Å²) in [5.41, 5.74) is 2.75. The van der Waals surface area contributed by atoms with E-state index in [0.717, 1.165) is 6.42 Å². The number of aliphatic hydroxyl groups excluding tert-OH is 1. The second-order valence-electron chi connectivity index (χ2n) is 3.82. The molecule has 0 bridgehead atoms. The van der Waals surface area contributed by atoms with E-state index in [-0.39, 0.29) is 13.6 Å². The average molecular weight is 221 g/mol. The number of rotatable bonds is 2. The van der Waals surface area contributed by atoms with Crippen molar-refractivity contribution < 1.29 is 9.76 Å². The maximum Gasteiger partial charge on any atom is 0.324 e. The number of aliphatic hydroxyl groups is 1. The Bertz CT molecular complexity index is 318. The molecule has 1 aromatic carbocycles. The molecular weight excluding hydrogens is 201 g/mol. The highest BCUT2D eigenvalue weighted by Crippen LogP contribution is 2.26. The van der Waals surface area contributed by atoms with Crippen LogP contribution in [0.4, 0.5) is 0 Å². The van der Waals surface area contributed by atoms with Gasteiger partial charge in [-0.3, -0.25) is 5.32 Å². The fourth-order valence-electron chi connectivity index (χ4n) is 1.88. The zero-order valence-corrected chi connectivity index (χ0v) is 10.2. The molecule has 1 aliphatic heterocycles. The zero-order valence-electron chi connectivity index (χ0n) is 10.2. The summed E-state index contributed by atoms with van der Waals surface area (Å²) in [5.74, 6) is 0. The van der Waals surface area contributed by atoms with Crippen molar-refractivity contribution in [1.82, 2.24) is 5.32 Å². The van der Waals surface area contributed by atoms with Crippen LogP contribution in [0.2, 0.25) is 6.82 Å². The van der Waals surface area contributed by atoms with E-state index in [9.17, 15) is 0 Å². The van der Waals surface area contributed by atoms with Crippen molar-refractivity contribution in [1.29, 1.82) is 0 Å². The minimum atomic E-state index is 0.0694. The molecule has 2 N–H and O–H groups in total. The molecule has 0 radical (unpaired) electrons. The highest BCUT2D eigenvalue weighted by atomic mass is 16.5. The van der Waals surface area contributed by atoms with Gasteiger partial charge >= 0.3 is 6.92 Å². The number of hydrogen-bond acceptors (Lipinski definition) is 3. The lowest BCUT2D eigenvalue weighted by Gasteiger charge is -2.08. The molecule has 0 saturated heterocycles. The standard InChI is InChI=1S/C10H13BO.C2H7NO/c1-3-10-8-6-4-5-7-9(8)11(2)12-10;1-3-2-4/h4-7,10H,3H2,1-2H3;3-4H,2H2,1H3/t10-;/m1./s1. The van der Waals surface area contributed by atoms with Gasteiger partial charge < -0.3 is 9.76 Å². The van der Waals surface area contributed by atoms with Crippen LogP contribution in [-0.2, 0) is 4.65 Å². The molecule has 3 nitrogen and oxygen atoms in total. The molecule has 2 rings (SSSR count). The Hall–Kier alpha value is -0.835. The van der Waals surface area contributed by atoms with E-state index in [1.807, 2.05) is 0 Å². The molecule has 0 aromatic heterocycles. The third-order valence-corrected chi connectivity index (χ3v) is 2.68. The third-order valence-electron chi connectivity index (χ3n) is 2.68. The van der Waals surface area contributed by atoms with Crippen LogP contribution in [-0.4, -0.2) is 25.8 Å². The normalized spacial score (nSPS) is 17.8. The molecular formula is C12H20BNO2. The predicted molar refractivity (Wildman–Crippen MR) is 68.0 cm³/mol. The quantitative estimate of drug-likeness (QED) is 0.581. The van der Waals surface area contributed by atoms with Crippen molar-refractivity contribution in [3.63, 3.8) is 0 Å². The van der Waals surface area contributed by atoms with Crippen LogP contribution >= 0.6 is 0 Å². The summed E-state index contributed by atoms with van der Waals surface area (Å²) in [7, 11) is 1.68. The number of benzene rings is 1. The van der Waals surface area contributed by atoms with E-state index in [4.69, 9.17) is 9.76 Å². The Morgan fingerprint density at radius 1 is 1.44 bits per heavy atom. The Labute approximate surface area is 97.9 Å². The van der Waals surface area contributed by atoms with E-state index in [0.29, 0.717) is 6.10 Å². The summed E-state index contributed by atoms with van der Waals surface area (Å²) >= 11 is 0. The first-order chi connectivity index (χ1) is 7.74. The second kappa shape index (κ2) is 6.68. The maximum atomic E-state index is 7.76. The molecule has 0 saturated carbocycles. The lowest BCUT2D eigenvalue weighted by atomic mass is 9.64. The topological polar surface area (TPSA) is 41.5 Å². The molecule has 88 valence electrons. The van der Waals surface area contributed by atoms with Crippen LogP contribution < -0.4 is 10.8 Å². The van der Waals surface area contributed by atoms with Gasteiger partial charge in [0.05, 0.1) is 12.8 Å². The minimum Gasteiger partial charge on any atom is -0.424 e. The Balaban J connectivity index is 0.000000280. The first-order valence-corrected chi connectivity index (χ1v) is 5.74. The van der Waals surface area contributed by atoms with Crippen molar-refractivity contribution in [3.8, 4) is 0 Å². The summed E-state index contributed by atoms with van der Waals surface area (Å²) in [4.78, 5) is 0. The van der Waals surface area contributed by atoms with Gasteiger partial charge in [-0.2, -0.15) is 0 Å². The van der Waals surface area contributed by atoms with Crippen LogP contribution in [0.3, 0.4) is 0 Å². The van der Waals surface area contributed by atoms with E-state index in [1.165, 1.54) is 11.0 Å². The van der Waals surface area contributed by atoms with Crippen molar-refractivity contribution in [3.05, 3.63) is 29.8 Å². The van der Waals surface area contributed by atoms with Crippen LogP contribution in [0.5, 0.6) is 0 Å². The molecule has 0 spiro atoms. The van der Waals surface area contributed by atoms with E-state index < -0.39 is 0 Å². The SMILES string of the molecule is CC[C@H]1OB(C)c2ccccc21.CNCO. The summed E-state index contributed by atoms with van der Waals surface area (Å²) < 4.78 is 5.78. The summed E-state index contributed by atoms with van der Waals surface area (Å²) in [5, 5.41) is 10.2. The molecule has 1 atom stereocenters. The van der Waals surface area contributed by atoms with E-state index in [1.54, 1.807) is 7.05 Å². The van der Waals surface area contributed by atoms with Gasteiger partial charge in [0.15, 0.2) is 0 Å². The highest BCUT2D eigenvalue weighted by Gasteiger charge is 2.29. The Morgan fingerprint density at radius 2 is 2.06 bits per heavy atom. The van der Waals surface area contributed by atoms with Gasteiger partial charge in [0.2, 0.25) is 0 Å². The minimum absolute atomic E-state index is 0.0694. The number of nitrogens with one attached hydrogen (secondary N) is 1. The number of fused-ring (bicyclic) bond motifs is 1. The molecule has 1 heterocycles. The zero-order chi connectivity index (χ0) is 12.0. The lowest BCUT2D eigenvalue weighted by Crippen LogP contribution is -2.23. The molecule has 1 aromatic rings. The van der Waals surface area contributed by atoms with Gasteiger partial charge in [0, 0.05) is 0 Å². The largest absolute Gasteiger partial charge is 0.424 e. The van der Waals surface area contributed by atoms with Crippen molar-refractivity contribution in [2.45, 2.75) is 26.3 Å². The molecule has 0 fully saturated rings. The van der Waals surface area contributed by atoms with Gasteiger partial charge in [-0.15, -0.1) is 0 Å². The summed E-state index contributed by atoms with van der Waals surface area (Å²) in [6.45, 7) is 4.64. The first-order valence-electron chi connectivity index (χ1n) is 5.74. The Morgan fingerprint density at radius 3 is 2.62 bits per heavy atom. The smallest absolute Gasteiger partial charge is 0.324 e. The third kappa shape index (κ3) is 3.08. The van der Waals surface area contributed by atoms with Crippen molar-refractivity contribution >= 4 is 12.4 Å². The molecule has 4 heteroatoms. The average Bonchev–Trinajstić information content (AvgIpc) is 2.67. The second-order valence-corrected chi connectivity index (χ2v) is 3.82. The molecule has 0 unspecified atom stereocenters. The fraction of sp³-hybridized carbons (Fsp3) is 0.500. The predicted octanol–water partition coefficient (Wildman–Crippen LogP) is 1.15. The molecule has 0 amide bonds.